The number of nitrogens with one attached hydrogen (secondary N) is 1. The third kappa shape index (κ3) is 7.12. The minimum Gasteiger partial charge on any atom is -0.483 e. The normalized spacial score (nSPS) is 10.3. The zero-order valence-electron chi connectivity index (χ0n) is 11.2. The van der Waals surface area contributed by atoms with Crippen molar-refractivity contribution in [2.75, 3.05) is 19.8 Å². The second kappa shape index (κ2) is 10.0. The van der Waals surface area contributed by atoms with E-state index in [0.717, 1.165) is 30.2 Å². The number of aliphatic hydroxyl groups excluding tert-OH is 1. The number of carbonyl (C=O) groups is 1. The molecular weight excluding hydrogens is 346 g/mol. The Bertz CT molecular complexity index is 429. The van der Waals surface area contributed by atoms with Crippen molar-refractivity contribution in [1.82, 2.24) is 5.32 Å². The summed E-state index contributed by atoms with van der Waals surface area (Å²) in [5, 5.41) is 12.0. The van der Waals surface area contributed by atoms with Crippen molar-refractivity contribution in [3.8, 4) is 5.75 Å². The average Bonchev–Trinajstić information content (AvgIpc) is 2.41. The molecule has 0 fully saturated rings. The van der Waals surface area contributed by atoms with Gasteiger partial charge in [-0.25, -0.2) is 0 Å². The number of ether oxygens (including phenoxy) is 1. The van der Waals surface area contributed by atoms with Gasteiger partial charge in [0.15, 0.2) is 6.61 Å². The number of halogens is 2. The summed E-state index contributed by atoms with van der Waals surface area (Å²) in [5.41, 5.74) is 0. The van der Waals surface area contributed by atoms with Crippen LogP contribution in [0.15, 0.2) is 22.7 Å². The van der Waals surface area contributed by atoms with E-state index in [4.69, 9.17) is 21.4 Å². The highest BCUT2D eigenvalue weighted by molar-refractivity contribution is 9.10. The molecule has 4 nitrogen and oxygen atoms in total. The molecule has 0 unspecified atom stereocenters. The van der Waals surface area contributed by atoms with E-state index in [1.54, 1.807) is 18.2 Å². The molecule has 1 amide bonds. The van der Waals surface area contributed by atoms with Crippen molar-refractivity contribution in [2.24, 2.45) is 0 Å². The SMILES string of the molecule is O=C(COc1ccc(Cl)cc1Br)NCCCCCCO. The van der Waals surface area contributed by atoms with Gasteiger partial charge in [0.25, 0.3) is 5.91 Å². The van der Waals surface area contributed by atoms with Crippen molar-refractivity contribution in [3.05, 3.63) is 27.7 Å². The van der Waals surface area contributed by atoms with Crippen LogP contribution in [0.3, 0.4) is 0 Å². The van der Waals surface area contributed by atoms with Gasteiger partial charge in [-0.15, -0.1) is 0 Å². The van der Waals surface area contributed by atoms with Crippen LogP contribution in [0.25, 0.3) is 0 Å². The van der Waals surface area contributed by atoms with Crippen molar-refractivity contribution >= 4 is 33.4 Å². The van der Waals surface area contributed by atoms with Gasteiger partial charge in [-0.2, -0.15) is 0 Å². The molecule has 0 aliphatic heterocycles. The van der Waals surface area contributed by atoms with Gasteiger partial charge in [0.05, 0.1) is 4.47 Å². The fourth-order valence-electron chi connectivity index (χ4n) is 1.60. The maximum Gasteiger partial charge on any atom is 0.257 e. The Morgan fingerprint density at radius 3 is 2.75 bits per heavy atom. The van der Waals surface area contributed by atoms with Crippen LogP contribution in [0.5, 0.6) is 5.75 Å². The number of benzene rings is 1. The fraction of sp³-hybridized carbons (Fsp3) is 0.500. The zero-order chi connectivity index (χ0) is 14.8. The zero-order valence-corrected chi connectivity index (χ0v) is 13.5. The topological polar surface area (TPSA) is 58.6 Å². The molecule has 20 heavy (non-hydrogen) atoms. The molecule has 0 bridgehead atoms. The molecule has 112 valence electrons. The molecule has 0 saturated heterocycles. The van der Waals surface area contributed by atoms with Crippen molar-refractivity contribution in [3.63, 3.8) is 0 Å². The molecule has 0 aliphatic carbocycles. The Hall–Kier alpha value is -0.780. The maximum absolute atomic E-state index is 11.6. The van der Waals surface area contributed by atoms with Gasteiger partial charge in [0, 0.05) is 18.2 Å². The Balaban J connectivity index is 2.16. The monoisotopic (exact) mass is 363 g/mol. The number of unbranched alkanes of at least 4 members (excludes halogenated alkanes) is 3. The smallest absolute Gasteiger partial charge is 0.257 e. The molecule has 1 rings (SSSR count). The first-order chi connectivity index (χ1) is 9.63. The number of amides is 1. The van der Waals surface area contributed by atoms with Crippen molar-refractivity contribution in [1.29, 1.82) is 0 Å². The molecule has 6 heteroatoms. The summed E-state index contributed by atoms with van der Waals surface area (Å²) in [6.45, 7) is 0.850. The summed E-state index contributed by atoms with van der Waals surface area (Å²) < 4.78 is 6.12. The number of carbonyl (C=O) groups excluding carboxylic acids is 1. The fourth-order valence-corrected chi connectivity index (χ4v) is 2.40. The average molecular weight is 365 g/mol. The number of aliphatic hydroxyl groups is 1. The first-order valence-corrected chi connectivity index (χ1v) is 7.76. The molecule has 0 radical (unpaired) electrons. The van der Waals surface area contributed by atoms with Gasteiger partial charge >= 0.3 is 0 Å². The van der Waals surface area contributed by atoms with E-state index in [0.29, 0.717) is 17.3 Å². The highest BCUT2D eigenvalue weighted by Crippen LogP contribution is 2.27. The first kappa shape index (κ1) is 17.3. The summed E-state index contributed by atoms with van der Waals surface area (Å²) in [6, 6.07) is 5.14. The first-order valence-electron chi connectivity index (χ1n) is 6.59. The molecule has 0 atom stereocenters. The molecule has 0 heterocycles. The van der Waals surface area contributed by atoms with E-state index in [9.17, 15) is 4.79 Å². The van der Waals surface area contributed by atoms with E-state index in [-0.39, 0.29) is 19.1 Å². The van der Waals surface area contributed by atoms with Crippen LogP contribution in [0.4, 0.5) is 0 Å². The highest BCUT2D eigenvalue weighted by Gasteiger charge is 2.05. The Kier molecular flexibility index (Phi) is 8.65. The van der Waals surface area contributed by atoms with Crippen LogP contribution >= 0.6 is 27.5 Å². The molecule has 2 N–H and O–H groups in total. The lowest BCUT2D eigenvalue weighted by Gasteiger charge is -2.09. The van der Waals surface area contributed by atoms with E-state index < -0.39 is 0 Å². The van der Waals surface area contributed by atoms with Gasteiger partial charge in [-0.1, -0.05) is 24.4 Å². The second-order valence-corrected chi connectivity index (χ2v) is 5.64. The van der Waals surface area contributed by atoms with Gasteiger partial charge < -0.3 is 15.2 Å². The molecule has 0 spiro atoms. The Morgan fingerprint density at radius 1 is 1.30 bits per heavy atom. The van der Waals surface area contributed by atoms with E-state index in [1.165, 1.54) is 0 Å². The number of rotatable bonds is 9. The minimum atomic E-state index is -0.144. The van der Waals surface area contributed by atoms with E-state index >= 15 is 0 Å². The van der Waals surface area contributed by atoms with E-state index in [2.05, 4.69) is 21.2 Å². The quantitative estimate of drug-likeness (QED) is 0.662. The summed E-state index contributed by atoms with van der Waals surface area (Å²) in [6.07, 6.45) is 3.73. The van der Waals surface area contributed by atoms with Crippen LogP contribution in [-0.4, -0.2) is 30.8 Å². The van der Waals surface area contributed by atoms with Crippen molar-refractivity contribution in [2.45, 2.75) is 25.7 Å². The second-order valence-electron chi connectivity index (χ2n) is 4.35. The summed E-state index contributed by atoms with van der Waals surface area (Å²) in [4.78, 5) is 11.6. The lowest BCUT2D eigenvalue weighted by Crippen LogP contribution is -2.29. The molecule has 1 aromatic carbocycles. The Morgan fingerprint density at radius 2 is 2.05 bits per heavy atom. The predicted molar refractivity (Wildman–Crippen MR) is 83.2 cm³/mol. The molecular formula is C14H19BrClNO3. The van der Waals surface area contributed by atoms with Gasteiger partial charge in [-0.3, -0.25) is 4.79 Å². The van der Waals surface area contributed by atoms with Crippen LogP contribution in [-0.2, 0) is 4.79 Å². The Labute approximate surface area is 132 Å². The van der Waals surface area contributed by atoms with E-state index in [1.807, 2.05) is 0 Å². The lowest BCUT2D eigenvalue weighted by atomic mass is 10.2. The standard InChI is InChI=1S/C14H19BrClNO3/c15-12-9-11(16)5-6-13(12)20-10-14(19)17-7-3-1-2-4-8-18/h5-6,9,18H,1-4,7-8,10H2,(H,17,19). The van der Waals surface area contributed by atoms with Gasteiger partial charge in [0.2, 0.25) is 0 Å². The van der Waals surface area contributed by atoms with Gasteiger partial charge in [-0.05, 0) is 47.0 Å². The van der Waals surface area contributed by atoms with Crippen LogP contribution in [0.2, 0.25) is 5.02 Å². The maximum atomic E-state index is 11.6. The largest absolute Gasteiger partial charge is 0.483 e. The molecule has 0 aliphatic rings. The van der Waals surface area contributed by atoms with Gasteiger partial charge in [0.1, 0.15) is 5.75 Å². The molecule has 0 saturated carbocycles. The third-order valence-electron chi connectivity index (χ3n) is 2.66. The number of hydrogen-bond acceptors (Lipinski definition) is 3. The summed E-state index contributed by atoms with van der Waals surface area (Å²) in [5.74, 6) is 0.446. The lowest BCUT2D eigenvalue weighted by molar-refractivity contribution is -0.123. The van der Waals surface area contributed by atoms with Crippen LogP contribution < -0.4 is 10.1 Å². The highest BCUT2D eigenvalue weighted by atomic mass is 79.9. The summed E-state index contributed by atoms with van der Waals surface area (Å²) >= 11 is 9.14. The number of hydrogen-bond donors (Lipinski definition) is 2. The minimum absolute atomic E-state index is 0.0170. The molecule has 1 aromatic rings. The van der Waals surface area contributed by atoms with Crippen LogP contribution in [0, 0.1) is 0 Å². The summed E-state index contributed by atoms with van der Waals surface area (Å²) in [7, 11) is 0. The van der Waals surface area contributed by atoms with Crippen molar-refractivity contribution < 1.29 is 14.6 Å². The van der Waals surface area contributed by atoms with Crippen LogP contribution in [0.1, 0.15) is 25.7 Å². The predicted octanol–water partition coefficient (Wildman–Crippen LogP) is 3.15. The third-order valence-corrected chi connectivity index (χ3v) is 3.51. The molecule has 0 aromatic heterocycles.